The number of hydrogen-bond donors (Lipinski definition) is 1. The number of benzene rings is 3. The van der Waals surface area contributed by atoms with Gasteiger partial charge >= 0.3 is 0 Å². The zero-order valence-electron chi connectivity index (χ0n) is 15.0. The fraction of sp³-hybridized carbons (Fsp3) is 0.182. The zero-order chi connectivity index (χ0) is 19.1. The van der Waals surface area contributed by atoms with Gasteiger partial charge in [0.25, 0.3) is 0 Å². The minimum Gasteiger partial charge on any atom is -0.494 e. The Bertz CT molecular complexity index is 882. The molecule has 1 N–H and O–H groups in total. The normalized spacial score (nSPS) is 10.5. The molecule has 3 nitrogen and oxygen atoms in total. The smallest absolute Gasteiger partial charge is 0.124 e. The van der Waals surface area contributed by atoms with E-state index in [4.69, 9.17) is 32.7 Å². The molecule has 0 aliphatic carbocycles. The van der Waals surface area contributed by atoms with Crippen LogP contribution in [0.4, 0.5) is 5.69 Å². The highest BCUT2D eigenvalue weighted by molar-refractivity contribution is 6.31. The van der Waals surface area contributed by atoms with E-state index in [-0.39, 0.29) is 0 Å². The Morgan fingerprint density at radius 1 is 0.852 bits per heavy atom. The van der Waals surface area contributed by atoms with Gasteiger partial charge in [-0.3, -0.25) is 0 Å². The standard InChI is InChI=1S/C22H21Cl2NO2/c1-2-26-20-10-8-19(9-11-20)25-14-17-13-18(23)7-12-22(17)27-15-16-5-3-4-6-21(16)24/h3-13,25H,2,14-15H2,1H3. The molecule has 3 rings (SSSR count). The van der Waals surface area contributed by atoms with E-state index in [0.717, 1.165) is 28.3 Å². The molecule has 5 heteroatoms. The van der Waals surface area contributed by atoms with E-state index in [1.807, 2.05) is 73.7 Å². The SMILES string of the molecule is CCOc1ccc(NCc2cc(Cl)ccc2OCc2ccccc2Cl)cc1. The quantitative estimate of drug-likeness (QED) is 0.462. The van der Waals surface area contributed by atoms with Crippen LogP contribution in [-0.4, -0.2) is 6.61 Å². The minimum atomic E-state index is 0.400. The molecular formula is C22H21Cl2NO2. The van der Waals surface area contributed by atoms with Crippen LogP contribution in [0.25, 0.3) is 0 Å². The topological polar surface area (TPSA) is 30.5 Å². The van der Waals surface area contributed by atoms with E-state index >= 15 is 0 Å². The predicted octanol–water partition coefficient (Wildman–Crippen LogP) is 6.58. The van der Waals surface area contributed by atoms with E-state index in [2.05, 4.69) is 5.32 Å². The van der Waals surface area contributed by atoms with Gasteiger partial charge in [0.2, 0.25) is 0 Å². The Labute approximate surface area is 169 Å². The van der Waals surface area contributed by atoms with Crippen LogP contribution in [0.2, 0.25) is 10.0 Å². The van der Waals surface area contributed by atoms with Gasteiger partial charge < -0.3 is 14.8 Å². The fourth-order valence-electron chi connectivity index (χ4n) is 2.63. The second kappa shape index (κ2) is 9.54. The summed E-state index contributed by atoms with van der Waals surface area (Å²) in [5.41, 5.74) is 2.92. The van der Waals surface area contributed by atoms with Crippen LogP contribution in [0.3, 0.4) is 0 Å². The van der Waals surface area contributed by atoms with E-state index in [1.54, 1.807) is 0 Å². The lowest BCUT2D eigenvalue weighted by atomic mass is 10.2. The molecule has 3 aromatic rings. The van der Waals surface area contributed by atoms with Gasteiger partial charge in [0.1, 0.15) is 18.1 Å². The van der Waals surface area contributed by atoms with Crippen LogP contribution >= 0.6 is 23.2 Å². The van der Waals surface area contributed by atoms with Gasteiger partial charge in [-0.2, -0.15) is 0 Å². The molecular weight excluding hydrogens is 381 g/mol. The number of hydrogen-bond acceptors (Lipinski definition) is 3. The molecule has 0 saturated heterocycles. The van der Waals surface area contributed by atoms with Crippen LogP contribution in [0.5, 0.6) is 11.5 Å². The Kier molecular flexibility index (Phi) is 6.86. The number of anilines is 1. The second-order valence-electron chi connectivity index (χ2n) is 5.94. The van der Waals surface area contributed by atoms with E-state index in [1.165, 1.54) is 0 Å². The van der Waals surface area contributed by atoms with Crippen molar-refractivity contribution in [1.82, 2.24) is 0 Å². The summed E-state index contributed by atoms with van der Waals surface area (Å²) in [7, 11) is 0. The highest BCUT2D eigenvalue weighted by Gasteiger charge is 2.07. The van der Waals surface area contributed by atoms with Gasteiger partial charge in [0, 0.05) is 33.4 Å². The summed E-state index contributed by atoms with van der Waals surface area (Å²) in [5.74, 6) is 1.63. The second-order valence-corrected chi connectivity index (χ2v) is 6.79. The molecule has 0 fully saturated rings. The van der Waals surface area contributed by atoms with Gasteiger partial charge in [-0.05, 0) is 55.5 Å². The first-order valence-electron chi connectivity index (χ1n) is 8.77. The first-order valence-corrected chi connectivity index (χ1v) is 9.52. The maximum atomic E-state index is 6.21. The van der Waals surface area contributed by atoms with Crippen molar-refractivity contribution in [3.8, 4) is 11.5 Å². The summed E-state index contributed by atoms with van der Waals surface area (Å²) < 4.78 is 11.5. The van der Waals surface area contributed by atoms with Crippen molar-refractivity contribution in [2.24, 2.45) is 0 Å². The van der Waals surface area contributed by atoms with Gasteiger partial charge in [-0.25, -0.2) is 0 Å². The molecule has 0 saturated carbocycles. The van der Waals surface area contributed by atoms with Crippen molar-refractivity contribution in [3.05, 3.63) is 87.9 Å². The highest BCUT2D eigenvalue weighted by Crippen LogP contribution is 2.26. The lowest BCUT2D eigenvalue weighted by molar-refractivity contribution is 0.303. The molecule has 0 radical (unpaired) electrons. The third kappa shape index (κ3) is 5.56. The summed E-state index contributed by atoms with van der Waals surface area (Å²) in [6.07, 6.45) is 0. The van der Waals surface area contributed by atoms with Crippen LogP contribution in [0, 0.1) is 0 Å². The molecule has 0 atom stereocenters. The van der Waals surface area contributed by atoms with Crippen LogP contribution in [-0.2, 0) is 13.2 Å². The molecule has 0 aliphatic heterocycles. The number of nitrogens with one attached hydrogen (secondary N) is 1. The van der Waals surface area contributed by atoms with Crippen molar-refractivity contribution in [2.45, 2.75) is 20.1 Å². The molecule has 140 valence electrons. The molecule has 0 amide bonds. The van der Waals surface area contributed by atoms with Crippen molar-refractivity contribution in [2.75, 3.05) is 11.9 Å². The lowest BCUT2D eigenvalue weighted by Crippen LogP contribution is -2.04. The van der Waals surface area contributed by atoms with E-state index in [0.29, 0.717) is 29.8 Å². The minimum absolute atomic E-state index is 0.400. The molecule has 0 bridgehead atoms. The van der Waals surface area contributed by atoms with Gasteiger partial charge in [0.15, 0.2) is 0 Å². The Morgan fingerprint density at radius 2 is 1.63 bits per heavy atom. The molecule has 27 heavy (non-hydrogen) atoms. The summed E-state index contributed by atoms with van der Waals surface area (Å²) in [5, 5.41) is 4.75. The van der Waals surface area contributed by atoms with Crippen LogP contribution in [0.1, 0.15) is 18.1 Å². The third-order valence-corrected chi connectivity index (χ3v) is 4.62. The molecule has 3 aromatic carbocycles. The van der Waals surface area contributed by atoms with Crippen molar-refractivity contribution >= 4 is 28.9 Å². The molecule has 0 aliphatic rings. The number of halogens is 2. The predicted molar refractivity (Wildman–Crippen MR) is 112 cm³/mol. The third-order valence-electron chi connectivity index (χ3n) is 4.01. The Balaban J connectivity index is 1.67. The van der Waals surface area contributed by atoms with Crippen molar-refractivity contribution in [1.29, 1.82) is 0 Å². The van der Waals surface area contributed by atoms with E-state index in [9.17, 15) is 0 Å². The van der Waals surface area contributed by atoms with Crippen molar-refractivity contribution < 1.29 is 9.47 Å². The lowest BCUT2D eigenvalue weighted by Gasteiger charge is -2.14. The van der Waals surface area contributed by atoms with Crippen molar-refractivity contribution in [3.63, 3.8) is 0 Å². The molecule has 0 heterocycles. The zero-order valence-corrected chi connectivity index (χ0v) is 16.6. The maximum absolute atomic E-state index is 6.21. The average Bonchev–Trinajstić information content (AvgIpc) is 2.68. The van der Waals surface area contributed by atoms with Gasteiger partial charge in [-0.1, -0.05) is 41.4 Å². The maximum Gasteiger partial charge on any atom is 0.124 e. The molecule has 0 unspecified atom stereocenters. The average molecular weight is 402 g/mol. The highest BCUT2D eigenvalue weighted by atomic mass is 35.5. The summed E-state index contributed by atoms with van der Waals surface area (Å²) in [4.78, 5) is 0. The summed E-state index contributed by atoms with van der Waals surface area (Å²) >= 11 is 12.4. The Hall–Kier alpha value is -2.36. The van der Waals surface area contributed by atoms with Crippen LogP contribution in [0.15, 0.2) is 66.7 Å². The van der Waals surface area contributed by atoms with Crippen LogP contribution < -0.4 is 14.8 Å². The van der Waals surface area contributed by atoms with E-state index < -0.39 is 0 Å². The monoisotopic (exact) mass is 401 g/mol. The first kappa shape index (κ1) is 19.4. The Morgan fingerprint density at radius 3 is 2.37 bits per heavy atom. The molecule has 0 aromatic heterocycles. The number of ether oxygens (including phenoxy) is 2. The largest absolute Gasteiger partial charge is 0.494 e. The summed E-state index contributed by atoms with van der Waals surface area (Å²) in [6.45, 7) is 3.61. The fourth-order valence-corrected chi connectivity index (χ4v) is 3.02. The molecule has 0 spiro atoms. The first-order chi connectivity index (χ1) is 13.2. The number of rotatable bonds is 8. The van der Waals surface area contributed by atoms with Gasteiger partial charge in [-0.15, -0.1) is 0 Å². The summed E-state index contributed by atoms with van der Waals surface area (Å²) in [6, 6.07) is 21.1. The van der Waals surface area contributed by atoms with Gasteiger partial charge in [0.05, 0.1) is 6.61 Å².